The Morgan fingerprint density at radius 3 is 1.55 bits per heavy atom. The van der Waals surface area contributed by atoms with Crippen molar-refractivity contribution >= 4 is 70.4 Å². The van der Waals surface area contributed by atoms with Crippen molar-refractivity contribution in [1.29, 1.82) is 0 Å². The largest absolute Gasteiger partial charge is 0.489 e. The molecule has 1 aliphatic heterocycles. The molecule has 27 heteroatoms. The summed E-state index contributed by atoms with van der Waals surface area (Å²) in [5.41, 5.74) is -1.54. The highest BCUT2D eigenvalue weighted by molar-refractivity contribution is 6.03. The van der Waals surface area contributed by atoms with E-state index < -0.39 is 148 Å². The fourth-order valence-corrected chi connectivity index (χ4v) is 6.08. The molecule has 4 rings (SSSR count). The summed E-state index contributed by atoms with van der Waals surface area (Å²) in [7, 11) is 0. The van der Waals surface area contributed by atoms with Crippen LogP contribution in [0, 0.1) is 11.6 Å². The summed E-state index contributed by atoms with van der Waals surface area (Å²) in [5, 5.41) is -0.0000492. The third-order valence-electron chi connectivity index (χ3n) is 9.24. The van der Waals surface area contributed by atoms with E-state index in [0.29, 0.717) is 0 Å². The lowest BCUT2D eigenvalue weighted by Crippen LogP contribution is -2.38. The minimum atomic E-state index is -1.38. The minimum absolute atomic E-state index is 0.0000492. The maximum atomic E-state index is 16.2. The lowest BCUT2D eigenvalue weighted by atomic mass is 9.93. The average Bonchev–Trinajstić information content (AvgIpc) is 3.30. The molecular formula is C46H48F2N2O23. The van der Waals surface area contributed by atoms with Gasteiger partial charge in [0.05, 0.1) is 32.0 Å². The van der Waals surface area contributed by atoms with Gasteiger partial charge in [-0.25, -0.2) is 0 Å². The second-order valence-electron chi connectivity index (χ2n) is 14.7. The molecule has 0 saturated carbocycles. The van der Waals surface area contributed by atoms with Gasteiger partial charge in [0.1, 0.15) is 25.4 Å². The monoisotopic (exact) mass is 1030 g/mol. The predicted molar refractivity (Wildman–Crippen MR) is 238 cm³/mol. The first kappa shape index (κ1) is 57.1. The highest BCUT2D eigenvalue weighted by atomic mass is 19.1. The van der Waals surface area contributed by atoms with Crippen LogP contribution < -0.4 is 19.8 Å². The first-order chi connectivity index (χ1) is 34.7. The van der Waals surface area contributed by atoms with E-state index in [2.05, 4.69) is 9.47 Å². The molecule has 0 N–H and O–H groups in total. The summed E-state index contributed by atoms with van der Waals surface area (Å²) in [6, 6.07) is 8.77. The molecule has 0 aromatic heterocycles. The molecular weight excluding hydrogens is 986 g/mol. The lowest BCUT2D eigenvalue weighted by molar-refractivity contribution is -0.170. The number of hydrogen-bond donors (Lipinski definition) is 0. The number of carbonyl (C=O) groups excluding carboxylic acids is 9. The van der Waals surface area contributed by atoms with E-state index in [1.165, 1.54) is 41.3 Å². The zero-order chi connectivity index (χ0) is 53.6. The summed E-state index contributed by atoms with van der Waals surface area (Å²) < 4.78 is 97.7. The number of carbonyl (C=O) groups is 9. The fraction of sp³-hybridized carbons (Fsp3) is 0.391. The van der Waals surface area contributed by atoms with Crippen LogP contribution in [0.15, 0.2) is 51.7 Å². The molecule has 0 saturated heterocycles. The van der Waals surface area contributed by atoms with Crippen molar-refractivity contribution in [2.45, 2.75) is 34.6 Å². The number of nitrogens with zero attached hydrogens (tertiary/aromatic N) is 2. The first-order valence-corrected chi connectivity index (χ1v) is 21.4. The van der Waals surface area contributed by atoms with Crippen molar-refractivity contribution in [2.24, 2.45) is 0 Å². The van der Waals surface area contributed by atoms with Crippen LogP contribution in [0.4, 0.5) is 14.5 Å². The smallest absolute Gasteiger partial charge is 0.328 e. The average molecular weight is 1030 g/mol. The van der Waals surface area contributed by atoms with Gasteiger partial charge in [-0.15, -0.1) is 0 Å². The van der Waals surface area contributed by atoms with Crippen molar-refractivity contribution in [3.63, 3.8) is 0 Å². The molecule has 394 valence electrons. The van der Waals surface area contributed by atoms with Crippen LogP contribution in [-0.2, 0) is 90.5 Å². The van der Waals surface area contributed by atoms with Crippen LogP contribution in [0.5, 0.6) is 11.5 Å². The van der Waals surface area contributed by atoms with Gasteiger partial charge < -0.3 is 66.2 Å². The Morgan fingerprint density at radius 1 is 0.521 bits per heavy atom. The van der Waals surface area contributed by atoms with Gasteiger partial charge in [0.25, 0.3) is 0 Å². The molecule has 0 fully saturated rings. The van der Waals surface area contributed by atoms with Crippen LogP contribution in [0.3, 0.4) is 0 Å². The number of esters is 9. The van der Waals surface area contributed by atoms with E-state index in [4.69, 9.17) is 51.8 Å². The van der Waals surface area contributed by atoms with Gasteiger partial charge in [0, 0.05) is 57.7 Å². The molecule has 73 heavy (non-hydrogen) atoms. The first-order valence-electron chi connectivity index (χ1n) is 21.4. The highest BCUT2D eigenvalue weighted by Crippen LogP contribution is 2.45. The topological polar surface area (TPSA) is 301 Å². The van der Waals surface area contributed by atoms with E-state index >= 15 is 8.78 Å². The summed E-state index contributed by atoms with van der Waals surface area (Å²) in [6.07, 6.45) is 0. The third-order valence-corrected chi connectivity index (χ3v) is 9.24. The summed E-state index contributed by atoms with van der Waals surface area (Å²) in [6.45, 7) is -1.69. The van der Waals surface area contributed by atoms with E-state index in [1.54, 1.807) is 0 Å². The Balaban J connectivity index is 1.74. The Hall–Kier alpha value is -8.46. The Labute approximate surface area is 412 Å². The molecule has 1 aliphatic carbocycles. The standard InChI is InChI=1S/C46H48F2N2O23/c1-26(51)63-21-68-36-11-8-33-42(32-7-10-35(56)43(47)45(32)73-46(33)44(36)48)31-6-9-34(50(19-40(59)71-24-66-29(4)54)20-41(60)72-25-67-30(5)55)37(16-31)62-15-14-61-13-12-49(17-38(57)69-22-64-27(2)52)18-39(58)70-23-65-28(3)53/h6-11,16H,12-15,17-25H2,1-5H3. The molecule has 2 aromatic rings. The summed E-state index contributed by atoms with van der Waals surface area (Å²) >= 11 is 0. The SMILES string of the molecule is CC(=O)OCOC(=O)CN(CCOCCOc1cc(-c2c3ccc(=O)c(F)c-3oc3c(F)c(OCOC(C)=O)ccc23)ccc1N(CC(=O)OCOC(C)=O)CC(=O)OCOC(C)=O)CC(=O)OCOC(C)=O. The maximum Gasteiger partial charge on any atom is 0.328 e. The van der Waals surface area contributed by atoms with E-state index in [-0.39, 0.29) is 59.9 Å². The number of ether oxygens (including phenoxy) is 12. The van der Waals surface area contributed by atoms with Gasteiger partial charge in [-0.2, -0.15) is 8.78 Å². The van der Waals surface area contributed by atoms with Gasteiger partial charge in [-0.1, -0.05) is 6.07 Å². The summed E-state index contributed by atoms with van der Waals surface area (Å²) in [4.78, 5) is 122. The number of rotatable bonds is 28. The molecule has 0 bridgehead atoms. The van der Waals surface area contributed by atoms with Crippen molar-refractivity contribution in [1.82, 2.24) is 4.90 Å². The molecule has 0 unspecified atom stereocenters. The van der Waals surface area contributed by atoms with E-state index in [0.717, 1.165) is 45.6 Å². The number of fused-ring (bicyclic) bond motifs is 2. The Bertz CT molecular complexity index is 2620. The van der Waals surface area contributed by atoms with E-state index in [1.807, 2.05) is 0 Å². The molecule has 0 atom stereocenters. The predicted octanol–water partition coefficient (Wildman–Crippen LogP) is 2.50. The van der Waals surface area contributed by atoms with Crippen LogP contribution in [-0.4, -0.2) is 145 Å². The van der Waals surface area contributed by atoms with Gasteiger partial charge in [-0.05, 0) is 42.0 Å². The molecule has 2 aliphatic rings. The van der Waals surface area contributed by atoms with Crippen LogP contribution in [0.25, 0.3) is 33.4 Å². The molecule has 0 amide bonds. The normalized spacial score (nSPS) is 10.7. The molecule has 0 radical (unpaired) electrons. The second kappa shape index (κ2) is 28.4. The number of halogens is 2. The fourth-order valence-electron chi connectivity index (χ4n) is 6.08. The van der Waals surface area contributed by atoms with Crippen molar-refractivity contribution in [3.05, 3.63) is 64.3 Å². The van der Waals surface area contributed by atoms with Crippen LogP contribution >= 0.6 is 0 Å². The van der Waals surface area contributed by atoms with Crippen molar-refractivity contribution < 1.29 is 113 Å². The molecule has 2 aromatic carbocycles. The van der Waals surface area contributed by atoms with Crippen molar-refractivity contribution in [3.8, 4) is 33.9 Å². The van der Waals surface area contributed by atoms with Crippen molar-refractivity contribution in [2.75, 3.05) is 91.4 Å². The van der Waals surface area contributed by atoms with Gasteiger partial charge in [-0.3, -0.25) is 52.8 Å². The minimum Gasteiger partial charge on any atom is -0.489 e. The quantitative estimate of drug-likeness (QED) is 0.0259. The molecule has 1 heterocycles. The van der Waals surface area contributed by atoms with Gasteiger partial charge in [0.15, 0.2) is 17.1 Å². The van der Waals surface area contributed by atoms with Gasteiger partial charge >= 0.3 is 53.7 Å². The Kier molecular flexibility index (Phi) is 22.2. The molecule has 0 spiro atoms. The van der Waals surface area contributed by atoms with Gasteiger partial charge in [0.2, 0.25) is 51.0 Å². The zero-order valence-corrected chi connectivity index (χ0v) is 39.8. The number of hydrogen-bond acceptors (Lipinski definition) is 25. The molecule has 25 nitrogen and oxygen atoms in total. The highest BCUT2D eigenvalue weighted by Gasteiger charge is 2.28. The van der Waals surface area contributed by atoms with Crippen LogP contribution in [0.1, 0.15) is 34.6 Å². The summed E-state index contributed by atoms with van der Waals surface area (Å²) in [5.74, 6) is -11.4. The Morgan fingerprint density at radius 2 is 1.03 bits per heavy atom. The number of anilines is 1. The second-order valence-corrected chi connectivity index (χ2v) is 14.7. The lowest BCUT2D eigenvalue weighted by Gasteiger charge is -2.26. The third kappa shape index (κ3) is 18.7. The zero-order valence-electron chi connectivity index (χ0n) is 39.8. The van der Waals surface area contributed by atoms with Crippen LogP contribution in [0.2, 0.25) is 0 Å². The number of benzene rings is 3. The van der Waals surface area contributed by atoms with E-state index in [9.17, 15) is 47.9 Å². The maximum absolute atomic E-state index is 16.2.